The molecule has 1 atom stereocenters. The van der Waals surface area contributed by atoms with Crippen LogP contribution in [0.4, 0.5) is 5.82 Å². The van der Waals surface area contributed by atoms with E-state index in [4.69, 9.17) is 16.7 Å². The van der Waals surface area contributed by atoms with Gasteiger partial charge in [0.25, 0.3) is 0 Å². The quantitative estimate of drug-likeness (QED) is 0.780. The van der Waals surface area contributed by atoms with Gasteiger partial charge in [0, 0.05) is 18.2 Å². The third kappa shape index (κ3) is 3.61. The molecule has 1 heterocycles. The molecule has 0 aliphatic carbocycles. The van der Waals surface area contributed by atoms with E-state index in [0.29, 0.717) is 11.0 Å². The van der Waals surface area contributed by atoms with E-state index in [2.05, 4.69) is 22.2 Å². The second-order valence-corrected chi connectivity index (χ2v) is 4.30. The van der Waals surface area contributed by atoms with Gasteiger partial charge in [0.1, 0.15) is 16.8 Å². The molecule has 0 amide bonds. The van der Waals surface area contributed by atoms with Crippen molar-refractivity contribution in [3.63, 3.8) is 0 Å². The number of hydrogen-bond donors (Lipinski definition) is 2. The standard InChI is InChI=1S/C11H18ClN3O/c1-7(5-4-6-16)13-11-8(2)10(12)14-9(3)15-11/h7,16H,4-6H2,1-3H3,(H,13,14,15). The number of rotatable bonds is 5. The normalized spacial score (nSPS) is 12.6. The van der Waals surface area contributed by atoms with Crippen LogP contribution in [-0.2, 0) is 0 Å². The summed E-state index contributed by atoms with van der Waals surface area (Å²) < 4.78 is 0. The second-order valence-electron chi connectivity index (χ2n) is 3.95. The van der Waals surface area contributed by atoms with Crippen molar-refractivity contribution in [2.24, 2.45) is 0 Å². The molecule has 4 nitrogen and oxygen atoms in total. The molecule has 0 radical (unpaired) electrons. The Hall–Kier alpha value is -0.870. The van der Waals surface area contributed by atoms with Crippen LogP contribution in [-0.4, -0.2) is 27.7 Å². The third-order valence-electron chi connectivity index (χ3n) is 2.38. The van der Waals surface area contributed by atoms with Crippen LogP contribution in [0, 0.1) is 13.8 Å². The van der Waals surface area contributed by atoms with Crippen molar-refractivity contribution in [2.45, 2.75) is 39.7 Å². The van der Waals surface area contributed by atoms with Gasteiger partial charge in [-0.1, -0.05) is 11.6 Å². The van der Waals surface area contributed by atoms with Gasteiger partial charge in [-0.2, -0.15) is 0 Å². The maximum atomic E-state index is 8.75. The van der Waals surface area contributed by atoms with Gasteiger partial charge in [0.05, 0.1) is 0 Å². The fraction of sp³-hybridized carbons (Fsp3) is 0.636. The van der Waals surface area contributed by atoms with Crippen LogP contribution in [0.3, 0.4) is 0 Å². The summed E-state index contributed by atoms with van der Waals surface area (Å²) in [5.74, 6) is 1.44. The van der Waals surface area contributed by atoms with E-state index < -0.39 is 0 Å². The molecule has 0 aliphatic heterocycles. The number of aryl methyl sites for hydroxylation is 1. The lowest BCUT2D eigenvalue weighted by Gasteiger charge is -2.16. The average Bonchev–Trinajstić information content (AvgIpc) is 2.22. The summed E-state index contributed by atoms with van der Waals surface area (Å²) in [7, 11) is 0. The minimum Gasteiger partial charge on any atom is -0.396 e. The van der Waals surface area contributed by atoms with Crippen molar-refractivity contribution in [3.8, 4) is 0 Å². The first-order valence-corrected chi connectivity index (χ1v) is 5.80. The Balaban J connectivity index is 2.72. The first-order chi connectivity index (χ1) is 7.54. The molecule has 0 fully saturated rings. The molecule has 0 saturated carbocycles. The molecule has 0 spiro atoms. The van der Waals surface area contributed by atoms with Gasteiger partial charge >= 0.3 is 0 Å². The summed E-state index contributed by atoms with van der Waals surface area (Å²) >= 11 is 5.98. The van der Waals surface area contributed by atoms with E-state index in [0.717, 1.165) is 24.2 Å². The van der Waals surface area contributed by atoms with Gasteiger partial charge < -0.3 is 10.4 Å². The minimum atomic E-state index is 0.217. The number of halogens is 1. The zero-order valence-corrected chi connectivity index (χ0v) is 10.7. The predicted octanol–water partition coefficient (Wildman–Crippen LogP) is 2.32. The summed E-state index contributed by atoms with van der Waals surface area (Å²) in [6.07, 6.45) is 1.68. The van der Waals surface area contributed by atoms with Crippen molar-refractivity contribution in [1.82, 2.24) is 9.97 Å². The molecule has 0 aliphatic rings. The molecule has 1 aromatic heterocycles. The lowest BCUT2D eigenvalue weighted by atomic mass is 10.2. The zero-order chi connectivity index (χ0) is 12.1. The second kappa shape index (κ2) is 6.01. The molecule has 1 rings (SSSR count). The molecular formula is C11H18ClN3O. The Kier molecular flexibility index (Phi) is 4.96. The van der Waals surface area contributed by atoms with Gasteiger partial charge in [-0.3, -0.25) is 0 Å². The van der Waals surface area contributed by atoms with Gasteiger partial charge in [0.2, 0.25) is 0 Å². The van der Waals surface area contributed by atoms with E-state index in [1.807, 2.05) is 13.8 Å². The summed E-state index contributed by atoms with van der Waals surface area (Å²) in [5.41, 5.74) is 0.864. The van der Waals surface area contributed by atoms with E-state index in [1.54, 1.807) is 0 Å². The molecule has 5 heteroatoms. The van der Waals surface area contributed by atoms with E-state index in [-0.39, 0.29) is 12.6 Å². The van der Waals surface area contributed by atoms with Crippen LogP contribution >= 0.6 is 11.6 Å². The van der Waals surface area contributed by atoms with Crippen molar-refractivity contribution in [1.29, 1.82) is 0 Å². The van der Waals surface area contributed by atoms with Gasteiger partial charge in [-0.15, -0.1) is 0 Å². The van der Waals surface area contributed by atoms with Crippen molar-refractivity contribution in [2.75, 3.05) is 11.9 Å². The highest BCUT2D eigenvalue weighted by Gasteiger charge is 2.09. The fourth-order valence-corrected chi connectivity index (χ4v) is 1.65. The Morgan fingerprint density at radius 1 is 1.38 bits per heavy atom. The molecule has 1 unspecified atom stereocenters. The Bertz CT molecular complexity index is 357. The highest BCUT2D eigenvalue weighted by Crippen LogP contribution is 2.20. The zero-order valence-electron chi connectivity index (χ0n) is 9.92. The Labute approximate surface area is 101 Å². The summed E-state index contributed by atoms with van der Waals surface area (Å²) in [4.78, 5) is 8.39. The first kappa shape index (κ1) is 13.2. The lowest BCUT2D eigenvalue weighted by Crippen LogP contribution is -2.18. The highest BCUT2D eigenvalue weighted by molar-refractivity contribution is 6.30. The highest BCUT2D eigenvalue weighted by atomic mass is 35.5. The molecule has 0 bridgehead atoms. The molecule has 16 heavy (non-hydrogen) atoms. The summed E-state index contributed by atoms with van der Waals surface area (Å²) in [5, 5.41) is 12.5. The number of nitrogens with zero attached hydrogens (tertiary/aromatic N) is 2. The third-order valence-corrected chi connectivity index (χ3v) is 2.74. The number of aliphatic hydroxyl groups is 1. The molecule has 2 N–H and O–H groups in total. The first-order valence-electron chi connectivity index (χ1n) is 5.42. The van der Waals surface area contributed by atoms with Crippen LogP contribution in [0.1, 0.15) is 31.2 Å². The van der Waals surface area contributed by atoms with Gasteiger partial charge in [0.15, 0.2) is 0 Å². The molecule has 0 aromatic carbocycles. The summed E-state index contributed by atoms with van der Waals surface area (Å²) in [6.45, 7) is 5.98. The van der Waals surface area contributed by atoms with E-state index >= 15 is 0 Å². The summed E-state index contributed by atoms with van der Waals surface area (Å²) in [6, 6.07) is 0.260. The topological polar surface area (TPSA) is 58.0 Å². The number of aliphatic hydroxyl groups excluding tert-OH is 1. The van der Waals surface area contributed by atoms with Crippen molar-refractivity contribution < 1.29 is 5.11 Å². The predicted molar refractivity (Wildman–Crippen MR) is 65.9 cm³/mol. The Morgan fingerprint density at radius 3 is 2.69 bits per heavy atom. The van der Waals surface area contributed by atoms with Crippen LogP contribution in [0.2, 0.25) is 5.15 Å². The van der Waals surface area contributed by atoms with Crippen molar-refractivity contribution in [3.05, 3.63) is 16.5 Å². The van der Waals surface area contributed by atoms with E-state index in [1.165, 1.54) is 0 Å². The smallest absolute Gasteiger partial charge is 0.137 e. The fourth-order valence-electron chi connectivity index (χ4n) is 1.44. The van der Waals surface area contributed by atoms with Crippen molar-refractivity contribution >= 4 is 17.4 Å². The molecular weight excluding hydrogens is 226 g/mol. The van der Waals surface area contributed by atoms with Crippen LogP contribution in [0.15, 0.2) is 0 Å². The number of hydrogen-bond acceptors (Lipinski definition) is 4. The minimum absolute atomic E-state index is 0.217. The SMILES string of the molecule is Cc1nc(Cl)c(C)c(NC(C)CCCO)n1. The number of aromatic nitrogens is 2. The maximum absolute atomic E-state index is 8.75. The lowest BCUT2D eigenvalue weighted by molar-refractivity contribution is 0.282. The molecule has 90 valence electrons. The molecule has 0 saturated heterocycles. The van der Waals surface area contributed by atoms with Crippen LogP contribution < -0.4 is 5.32 Å². The number of anilines is 1. The van der Waals surface area contributed by atoms with Gasteiger partial charge in [-0.25, -0.2) is 9.97 Å². The van der Waals surface area contributed by atoms with Gasteiger partial charge in [-0.05, 0) is 33.6 Å². The average molecular weight is 244 g/mol. The Morgan fingerprint density at radius 2 is 2.06 bits per heavy atom. The maximum Gasteiger partial charge on any atom is 0.137 e. The van der Waals surface area contributed by atoms with Crippen LogP contribution in [0.25, 0.3) is 0 Å². The monoisotopic (exact) mass is 243 g/mol. The van der Waals surface area contributed by atoms with E-state index in [9.17, 15) is 0 Å². The molecule has 1 aromatic rings. The number of nitrogens with one attached hydrogen (secondary N) is 1. The largest absolute Gasteiger partial charge is 0.396 e. The van der Waals surface area contributed by atoms with Crippen LogP contribution in [0.5, 0.6) is 0 Å².